The second-order valence-corrected chi connectivity index (χ2v) is 6.65. The van der Waals surface area contributed by atoms with Gasteiger partial charge in [0.15, 0.2) is 5.96 Å². The standard InChI is InChI=1S/C17H33N3O2S.HI/c1-4-14-23-15-9-19-17(18-5-2)20-10-7-16(8-11-20)22-13-6-12-21-3;/h4,16H,1,5-15H2,2-3H3,(H,18,19);1H. The van der Waals surface area contributed by atoms with Crippen LogP contribution in [-0.4, -0.2) is 75.0 Å². The molecule has 1 fully saturated rings. The van der Waals surface area contributed by atoms with Gasteiger partial charge in [0.2, 0.25) is 0 Å². The summed E-state index contributed by atoms with van der Waals surface area (Å²) in [7, 11) is 1.73. The van der Waals surface area contributed by atoms with E-state index in [1.54, 1.807) is 7.11 Å². The third kappa shape index (κ3) is 10.8. The highest BCUT2D eigenvalue weighted by atomic mass is 127. The van der Waals surface area contributed by atoms with E-state index in [0.29, 0.717) is 6.10 Å². The molecule has 1 rings (SSSR count). The molecule has 1 N–H and O–H groups in total. The lowest BCUT2D eigenvalue weighted by molar-refractivity contribution is 0.00991. The van der Waals surface area contributed by atoms with Crippen molar-refractivity contribution in [1.29, 1.82) is 0 Å². The highest BCUT2D eigenvalue weighted by Gasteiger charge is 2.21. The molecule has 24 heavy (non-hydrogen) atoms. The van der Waals surface area contributed by atoms with Crippen LogP contribution >= 0.6 is 35.7 Å². The lowest BCUT2D eigenvalue weighted by Gasteiger charge is -2.34. The molecule has 1 saturated heterocycles. The molecule has 0 unspecified atom stereocenters. The fourth-order valence-corrected chi connectivity index (χ4v) is 3.05. The normalized spacial score (nSPS) is 15.9. The van der Waals surface area contributed by atoms with Crippen molar-refractivity contribution in [3.63, 3.8) is 0 Å². The van der Waals surface area contributed by atoms with Crippen LogP contribution in [0.4, 0.5) is 0 Å². The second-order valence-electron chi connectivity index (χ2n) is 5.50. The number of guanidine groups is 1. The Balaban J connectivity index is 0.00000529. The zero-order valence-electron chi connectivity index (χ0n) is 15.2. The first-order valence-corrected chi connectivity index (χ1v) is 9.79. The smallest absolute Gasteiger partial charge is 0.193 e. The number of nitrogens with one attached hydrogen (secondary N) is 1. The molecule has 0 aromatic heterocycles. The molecular weight excluding hydrogens is 437 g/mol. The second kappa shape index (κ2) is 16.5. The lowest BCUT2D eigenvalue weighted by atomic mass is 10.1. The van der Waals surface area contributed by atoms with Gasteiger partial charge in [-0.05, 0) is 26.2 Å². The average Bonchev–Trinajstić information content (AvgIpc) is 2.58. The van der Waals surface area contributed by atoms with Gasteiger partial charge in [-0.1, -0.05) is 6.08 Å². The minimum absolute atomic E-state index is 0. The van der Waals surface area contributed by atoms with Crippen LogP contribution in [0.15, 0.2) is 17.6 Å². The van der Waals surface area contributed by atoms with Crippen molar-refractivity contribution in [2.45, 2.75) is 32.3 Å². The quantitative estimate of drug-likeness (QED) is 0.165. The van der Waals surface area contributed by atoms with Crippen LogP contribution in [0.1, 0.15) is 26.2 Å². The molecule has 0 saturated carbocycles. The predicted molar refractivity (Wildman–Crippen MR) is 116 cm³/mol. The molecular formula is C17H34IN3O2S. The monoisotopic (exact) mass is 471 g/mol. The van der Waals surface area contributed by atoms with E-state index in [4.69, 9.17) is 14.5 Å². The summed E-state index contributed by atoms with van der Waals surface area (Å²) < 4.78 is 11.0. The maximum atomic E-state index is 5.92. The third-order valence-electron chi connectivity index (χ3n) is 3.66. The van der Waals surface area contributed by atoms with Crippen LogP contribution in [0.5, 0.6) is 0 Å². The number of likely N-dealkylation sites (tertiary alicyclic amines) is 1. The van der Waals surface area contributed by atoms with E-state index < -0.39 is 0 Å². The zero-order valence-corrected chi connectivity index (χ0v) is 18.3. The first-order chi connectivity index (χ1) is 11.3. The van der Waals surface area contributed by atoms with E-state index in [-0.39, 0.29) is 24.0 Å². The van der Waals surface area contributed by atoms with Crippen molar-refractivity contribution in [2.24, 2.45) is 4.99 Å². The number of hydrogen-bond acceptors (Lipinski definition) is 4. The average molecular weight is 471 g/mol. The molecule has 1 heterocycles. The van der Waals surface area contributed by atoms with Gasteiger partial charge >= 0.3 is 0 Å². The number of piperidine rings is 1. The lowest BCUT2D eigenvalue weighted by Crippen LogP contribution is -2.47. The summed E-state index contributed by atoms with van der Waals surface area (Å²) in [5.41, 5.74) is 0. The number of halogens is 1. The molecule has 0 aliphatic carbocycles. The van der Waals surface area contributed by atoms with E-state index in [0.717, 1.165) is 76.1 Å². The van der Waals surface area contributed by atoms with Gasteiger partial charge < -0.3 is 19.7 Å². The van der Waals surface area contributed by atoms with Crippen LogP contribution in [0.25, 0.3) is 0 Å². The van der Waals surface area contributed by atoms with E-state index in [9.17, 15) is 0 Å². The molecule has 7 heteroatoms. The van der Waals surface area contributed by atoms with Gasteiger partial charge in [-0.3, -0.25) is 4.99 Å². The largest absolute Gasteiger partial charge is 0.385 e. The van der Waals surface area contributed by atoms with Gasteiger partial charge in [0.05, 0.1) is 12.6 Å². The topological polar surface area (TPSA) is 46.1 Å². The summed E-state index contributed by atoms with van der Waals surface area (Å²) in [5.74, 6) is 3.09. The minimum Gasteiger partial charge on any atom is -0.385 e. The molecule has 0 aromatic carbocycles. The fourth-order valence-electron chi connectivity index (χ4n) is 2.50. The highest BCUT2D eigenvalue weighted by Crippen LogP contribution is 2.14. The molecule has 5 nitrogen and oxygen atoms in total. The third-order valence-corrected chi connectivity index (χ3v) is 4.60. The Kier molecular flexibility index (Phi) is 16.5. The van der Waals surface area contributed by atoms with Gasteiger partial charge in [0.1, 0.15) is 0 Å². The maximum absolute atomic E-state index is 5.92. The molecule has 0 radical (unpaired) electrons. The van der Waals surface area contributed by atoms with Gasteiger partial charge in [0, 0.05) is 51.5 Å². The van der Waals surface area contributed by atoms with E-state index >= 15 is 0 Å². The zero-order chi connectivity index (χ0) is 16.8. The maximum Gasteiger partial charge on any atom is 0.193 e. The predicted octanol–water partition coefficient (Wildman–Crippen LogP) is 3.01. The number of hydrogen-bond donors (Lipinski definition) is 1. The summed E-state index contributed by atoms with van der Waals surface area (Å²) in [6, 6.07) is 0. The van der Waals surface area contributed by atoms with Crippen LogP contribution in [0.2, 0.25) is 0 Å². The Morgan fingerprint density at radius 2 is 2.12 bits per heavy atom. The van der Waals surface area contributed by atoms with E-state index in [1.807, 2.05) is 17.8 Å². The minimum atomic E-state index is 0. The molecule has 1 aliphatic rings. The molecule has 0 spiro atoms. The van der Waals surface area contributed by atoms with Crippen LogP contribution < -0.4 is 5.32 Å². The molecule has 1 aliphatic heterocycles. The Labute approximate surface area is 169 Å². The van der Waals surface area contributed by atoms with E-state index in [1.165, 1.54) is 0 Å². The van der Waals surface area contributed by atoms with Crippen molar-refractivity contribution in [2.75, 3.05) is 58.0 Å². The highest BCUT2D eigenvalue weighted by molar-refractivity contribution is 14.0. The first kappa shape index (κ1) is 24.0. The Morgan fingerprint density at radius 1 is 1.38 bits per heavy atom. The molecule has 0 bridgehead atoms. The van der Waals surface area contributed by atoms with Gasteiger partial charge in [-0.25, -0.2) is 0 Å². The SMILES string of the molecule is C=CCSCCN=C(NCC)N1CCC(OCCCOC)CC1.I. The molecule has 0 aromatic rings. The number of nitrogens with zero attached hydrogens (tertiary/aromatic N) is 2. The number of rotatable bonds is 11. The van der Waals surface area contributed by atoms with Crippen LogP contribution in [-0.2, 0) is 9.47 Å². The first-order valence-electron chi connectivity index (χ1n) is 8.64. The summed E-state index contributed by atoms with van der Waals surface area (Å²) in [5, 5.41) is 3.41. The van der Waals surface area contributed by atoms with Crippen molar-refractivity contribution in [1.82, 2.24) is 10.2 Å². The molecule has 0 atom stereocenters. The Morgan fingerprint density at radius 3 is 2.75 bits per heavy atom. The summed E-state index contributed by atoms with van der Waals surface area (Å²) in [4.78, 5) is 7.10. The Hall–Kier alpha value is 0.01000. The van der Waals surface area contributed by atoms with Crippen LogP contribution in [0, 0.1) is 0 Å². The van der Waals surface area contributed by atoms with Crippen molar-refractivity contribution in [3.05, 3.63) is 12.7 Å². The number of methoxy groups -OCH3 is 1. The Bertz CT molecular complexity index is 338. The van der Waals surface area contributed by atoms with Crippen molar-refractivity contribution in [3.8, 4) is 0 Å². The molecule has 0 amide bonds. The van der Waals surface area contributed by atoms with Gasteiger partial charge in [-0.2, -0.15) is 11.8 Å². The van der Waals surface area contributed by atoms with E-state index in [2.05, 4.69) is 23.7 Å². The number of ether oxygens (including phenoxy) is 2. The number of thioether (sulfide) groups is 1. The summed E-state index contributed by atoms with van der Waals surface area (Å²) in [6.45, 7) is 11.2. The number of aliphatic imine (C=N–C) groups is 1. The van der Waals surface area contributed by atoms with Crippen molar-refractivity contribution >= 4 is 41.7 Å². The van der Waals surface area contributed by atoms with Gasteiger partial charge in [-0.15, -0.1) is 30.6 Å². The van der Waals surface area contributed by atoms with Crippen LogP contribution in [0.3, 0.4) is 0 Å². The molecule has 142 valence electrons. The van der Waals surface area contributed by atoms with Crippen molar-refractivity contribution < 1.29 is 9.47 Å². The summed E-state index contributed by atoms with van der Waals surface area (Å²) in [6.07, 6.45) is 5.44. The van der Waals surface area contributed by atoms with Gasteiger partial charge in [0.25, 0.3) is 0 Å². The fraction of sp³-hybridized carbons (Fsp3) is 0.824. The summed E-state index contributed by atoms with van der Waals surface area (Å²) >= 11 is 1.87.